The molecule has 0 spiro atoms. The number of carbonyl (C=O) groups is 1. The largest absolute Gasteiger partial charge is 0.359 e. The van der Waals surface area contributed by atoms with Gasteiger partial charge in [-0.1, -0.05) is 12.1 Å². The fraction of sp³-hybridized carbons (Fsp3) is 0.562. The zero-order chi connectivity index (χ0) is 15.7. The molecule has 0 N–H and O–H groups in total. The minimum atomic E-state index is 0.00447. The third-order valence-corrected chi connectivity index (χ3v) is 5.19. The highest BCUT2D eigenvalue weighted by atomic mass is 32.1. The predicted octanol–water partition coefficient (Wildman–Crippen LogP) is 3.68. The van der Waals surface area contributed by atoms with E-state index in [0.29, 0.717) is 0 Å². The van der Waals surface area contributed by atoms with E-state index in [9.17, 15) is 4.79 Å². The van der Waals surface area contributed by atoms with E-state index in [1.54, 1.807) is 0 Å². The second-order valence-electron chi connectivity index (χ2n) is 5.80. The number of hydrogen-bond acceptors (Lipinski definition) is 5. The van der Waals surface area contributed by atoms with E-state index in [1.165, 1.54) is 11.3 Å². The summed E-state index contributed by atoms with van der Waals surface area (Å²) in [5.74, 6) is 0.869. The molecule has 0 radical (unpaired) electrons. The lowest BCUT2D eigenvalue weighted by atomic mass is 10.1. The third kappa shape index (κ3) is 2.79. The van der Waals surface area contributed by atoms with Crippen LogP contribution in [0.1, 0.15) is 64.1 Å². The molecule has 1 atom stereocenters. The molecule has 118 valence electrons. The molecular weight excluding hydrogens is 298 g/mol. The van der Waals surface area contributed by atoms with Crippen molar-refractivity contribution in [2.75, 3.05) is 6.54 Å². The van der Waals surface area contributed by atoms with E-state index in [4.69, 9.17) is 4.52 Å². The summed E-state index contributed by atoms with van der Waals surface area (Å²) < 4.78 is 5.38. The maximum Gasteiger partial charge on any atom is 0.266 e. The van der Waals surface area contributed by atoms with Crippen molar-refractivity contribution < 1.29 is 9.32 Å². The van der Waals surface area contributed by atoms with Gasteiger partial charge in [0.2, 0.25) is 0 Å². The zero-order valence-corrected chi connectivity index (χ0v) is 14.1. The maximum atomic E-state index is 12.9. The molecule has 2 aromatic rings. The molecule has 22 heavy (non-hydrogen) atoms. The average molecular weight is 319 g/mol. The van der Waals surface area contributed by atoms with Crippen LogP contribution in [0.25, 0.3) is 0 Å². The summed E-state index contributed by atoms with van der Waals surface area (Å²) in [6.07, 6.45) is 3.91. The van der Waals surface area contributed by atoms with Gasteiger partial charge in [0, 0.05) is 12.6 Å². The second-order valence-corrected chi connectivity index (χ2v) is 6.88. The fourth-order valence-electron chi connectivity index (χ4n) is 2.95. The Kier molecular flexibility index (Phi) is 4.29. The number of aryl methyl sites for hydroxylation is 3. The van der Waals surface area contributed by atoms with E-state index in [-0.39, 0.29) is 11.9 Å². The van der Waals surface area contributed by atoms with Crippen LogP contribution in [0.15, 0.2) is 10.6 Å². The Labute approximate surface area is 134 Å². The smallest absolute Gasteiger partial charge is 0.266 e. The molecule has 1 unspecified atom stereocenters. The van der Waals surface area contributed by atoms with Gasteiger partial charge >= 0.3 is 0 Å². The molecule has 1 aliphatic rings. The Bertz CT molecular complexity index is 677. The number of likely N-dealkylation sites (tertiary alicyclic amines) is 1. The Balaban J connectivity index is 1.84. The van der Waals surface area contributed by atoms with Gasteiger partial charge in [-0.15, -0.1) is 11.3 Å². The summed E-state index contributed by atoms with van der Waals surface area (Å²) in [7, 11) is 0. The highest BCUT2D eigenvalue weighted by Crippen LogP contribution is 2.34. The molecular formula is C16H21N3O2S. The van der Waals surface area contributed by atoms with Crippen molar-refractivity contribution in [1.29, 1.82) is 0 Å². The monoisotopic (exact) mass is 319 g/mol. The van der Waals surface area contributed by atoms with Crippen LogP contribution in [-0.2, 0) is 6.42 Å². The molecule has 0 saturated carbocycles. The Hall–Kier alpha value is -1.69. The van der Waals surface area contributed by atoms with Crippen LogP contribution in [0, 0.1) is 13.8 Å². The second kappa shape index (κ2) is 6.20. The molecule has 5 nitrogen and oxygen atoms in total. The summed E-state index contributed by atoms with van der Waals surface area (Å²) in [6.45, 7) is 6.72. The highest BCUT2D eigenvalue weighted by molar-refractivity contribution is 7.13. The molecule has 1 fully saturated rings. The quantitative estimate of drug-likeness (QED) is 0.862. The van der Waals surface area contributed by atoms with Gasteiger partial charge in [-0.3, -0.25) is 4.79 Å². The van der Waals surface area contributed by atoms with Crippen molar-refractivity contribution in [3.63, 3.8) is 0 Å². The van der Waals surface area contributed by atoms with Gasteiger partial charge in [0.15, 0.2) is 5.76 Å². The van der Waals surface area contributed by atoms with E-state index in [0.717, 1.165) is 59.3 Å². The van der Waals surface area contributed by atoms with Crippen molar-refractivity contribution in [2.45, 2.75) is 52.5 Å². The van der Waals surface area contributed by atoms with Crippen LogP contribution in [0.3, 0.4) is 0 Å². The van der Waals surface area contributed by atoms with Gasteiger partial charge in [-0.2, -0.15) is 0 Å². The zero-order valence-electron chi connectivity index (χ0n) is 13.3. The SMILES string of the molecule is CCCc1nc(C)c(C(=O)N2CCCC2c2cc(C)no2)s1. The number of aromatic nitrogens is 2. The summed E-state index contributed by atoms with van der Waals surface area (Å²) in [6, 6.07) is 1.93. The van der Waals surface area contributed by atoms with Gasteiger partial charge in [-0.25, -0.2) is 4.98 Å². The van der Waals surface area contributed by atoms with Gasteiger partial charge in [-0.05, 0) is 39.5 Å². The third-order valence-electron chi connectivity index (χ3n) is 3.99. The molecule has 1 amide bonds. The van der Waals surface area contributed by atoms with Gasteiger partial charge in [0.25, 0.3) is 5.91 Å². The van der Waals surface area contributed by atoms with Gasteiger partial charge in [0.1, 0.15) is 4.88 Å². The lowest BCUT2D eigenvalue weighted by Crippen LogP contribution is -2.30. The molecule has 1 aliphatic heterocycles. The molecule has 2 aromatic heterocycles. The fourth-order valence-corrected chi connectivity index (χ4v) is 4.07. The number of hydrogen-bond donors (Lipinski definition) is 0. The first kappa shape index (κ1) is 15.2. The normalized spacial score (nSPS) is 18.1. The van der Waals surface area contributed by atoms with E-state index >= 15 is 0 Å². The highest BCUT2D eigenvalue weighted by Gasteiger charge is 2.34. The molecule has 3 rings (SSSR count). The summed E-state index contributed by atoms with van der Waals surface area (Å²) >= 11 is 1.53. The topological polar surface area (TPSA) is 59.2 Å². The van der Waals surface area contributed by atoms with E-state index in [2.05, 4.69) is 17.1 Å². The average Bonchev–Trinajstić information content (AvgIpc) is 3.18. The van der Waals surface area contributed by atoms with Crippen LogP contribution in [0.5, 0.6) is 0 Å². The molecule has 6 heteroatoms. The summed E-state index contributed by atoms with van der Waals surface area (Å²) in [5, 5.41) is 5.00. The molecule has 0 bridgehead atoms. The lowest BCUT2D eigenvalue weighted by molar-refractivity contribution is 0.0718. The number of thiazole rings is 1. The number of carbonyl (C=O) groups excluding carboxylic acids is 1. The Morgan fingerprint density at radius 2 is 2.32 bits per heavy atom. The van der Waals surface area contributed by atoms with Crippen LogP contribution < -0.4 is 0 Å². The maximum absolute atomic E-state index is 12.9. The van der Waals surface area contributed by atoms with Crippen molar-refractivity contribution >= 4 is 17.2 Å². The lowest BCUT2D eigenvalue weighted by Gasteiger charge is -2.22. The number of rotatable bonds is 4. The molecule has 0 aromatic carbocycles. The summed E-state index contributed by atoms with van der Waals surface area (Å²) in [4.78, 5) is 20.1. The van der Waals surface area contributed by atoms with Crippen LogP contribution >= 0.6 is 11.3 Å². The standard InChI is InChI=1S/C16H21N3O2S/c1-4-6-14-17-11(3)15(22-14)16(20)19-8-5-7-12(19)13-9-10(2)18-21-13/h9,12H,4-8H2,1-3H3. The van der Waals surface area contributed by atoms with Crippen molar-refractivity contribution in [2.24, 2.45) is 0 Å². The van der Waals surface area contributed by atoms with Crippen LogP contribution in [-0.4, -0.2) is 27.5 Å². The first-order valence-corrected chi connectivity index (χ1v) is 8.62. The van der Waals surface area contributed by atoms with Gasteiger partial charge in [0.05, 0.1) is 22.4 Å². The van der Waals surface area contributed by atoms with Gasteiger partial charge < -0.3 is 9.42 Å². The predicted molar refractivity (Wildman–Crippen MR) is 85.1 cm³/mol. The van der Waals surface area contributed by atoms with Crippen molar-refractivity contribution in [3.8, 4) is 0 Å². The molecule has 0 aliphatic carbocycles. The first-order chi connectivity index (χ1) is 10.6. The Morgan fingerprint density at radius 3 is 3.00 bits per heavy atom. The Morgan fingerprint density at radius 1 is 1.50 bits per heavy atom. The van der Waals surface area contributed by atoms with E-state index < -0.39 is 0 Å². The molecule has 1 saturated heterocycles. The van der Waals surface area contributed by atoms with Crippen LogP contribution in [0.2, 0.25) is 0 Å². The van der Waals surface area contributed by atoms with Crippen molar-refractivity contribution in [3.05, 3.63) is 33.1 Å². The first-order valence-electron chi connectivity index (χ1n) is 7.80. The number of nitrogens with zero attached hydrogens (tertiary/aromatic N) is 3. The minimum absolute atomic E-state index is 0.00447. The minimum Gasteiger partial charge on any atom is -0.359 e. The van der Waals surface area contributed by atoms with Crippen LogP contribution in [0.4, 0.5) is 0 Å². The number of amides is 1. The molecule has 3 heterocycles. The van der Waals surface area contributed by atoms with Crippen molar-refractivity contribution in [1.82, 2.24) is 15.0 Å². The van der Waals surface area contributed by atoms with E-state index in [1.807, 2.05) is 24.8 Å². The summed E-state index contributed by atoms with van der Waals surface area (Å²) in [5.41, 5.74) is 1.70.